The molecule has 7 heteroatoms. The number of nitrogens with one attached hydrogen (secondary N) is 2. The number of esters is 1. The highest BCUT2D eigenvalue weighted by molar-refractivity contribution is 5.72. The molecule has 136 valence electrons. The molecule has 1 saturated heterocycles. The first-order valence-corrected chi connectivity index (χ1v) is 8.74. The van der Waals surface area contributed by atoms with Gasteiger partial charge in [-0.15, -0.1) is 0 Å². The van der Waals surface area contributed by atoms with Crippen LogP contribution >= 0.6 is 0 Å². The lowest BCUT2D eigenvalue weighted by atomic mass is 10.0. The van der Waals surface area contributed by atoms with E-state index in [0.717, 1.165) is 30.0 Å². The molecule has 1 aromatic rings. The molecular weight excluding hydrogens is 322 g/mol. The monoisotopic (exact) mass is 347 g/mol. The highest BCUT2D eigenvalue weighted by Crippen LogP contribution is 2.22. The third-order valence-corrected chi connectivity index (χ3v) is 4.31. The van der Waals surface area contributed by atoms with Crippen LogP contribution in [0.15, 0.2) is 30.3 Å². The van der Waals surface area contributed by atoms with Crippen LogP contribution in [0.1, 0.15) is 31.2 Å². The lowest BCUT2D eigenvalue weighted by Gasteiger charge is -2.23. The molecule has 7 nitrogen and oxygen atoms in total. The predicted molar refractivity (Wildman–Crippen MR) is 93.3 cm³/mol. The highest BCUT2D eigenvalue weighted by atomic mass is 16.8. The van der Waals surface area contributed by atoms with E-state index in [0.29, 0.717) is 12.6 Å². The lowest BCUT2D eigenvalue weighted by molar-refractivity contribution is -0.170. The first-order chi connectivity index (χ1) is 12.2. The van der Waals surface area contributed by atoms with Crippen molar-refractivity contribution < 1.29 is 19.1 Å². The van der Waals surface area contributed by atoms with Crippen LogP contribution in [-0.2, 0) is 14.4 Å². The molecule has 2 heterocycles. The Hall–Kier alpha value is -2.09. The SMILES string of the molecule is NCC(=O)OC1C=C(c2ccc(OCCC3CCCCN3)cc2)NO1. The molecular formula is C18H25N3O4. The average molecular weight is 347 g/mol. The molecule has 1 fully saturated rings. The van der Waals surface area contributed by atoms with Crippen molar-refractivity contribution in [1.82, 2.24) is 10.8 Å². The van der Waals surface area contributed by atoms with Crippen LogP contribution in [0, 0.1) is 0 Å². The third kappa shape index (κ3) is 5.19. The van der Waals surface area contributed by atoms with Crippen molar-refractivity contribution >= 4 is 11.7 Å². The van der Waals surface area contributed by atoms with Crippen molar-refractivity contribution in [2.75, 3.05) is 19.7 Å². The molecule has 0 amide bonds. The summed E-state index contributed by atoms with van der Waals surface area (Å²) in [7, 11) is 0. The van der Waals surface area contributed by atoms with Crippen molar-refractivity contribution in [3.63, 3.8) is 0 Å². The van der Waals surface area contributed by atoms with Crippen LogP contribution in [-0.4, -0.2) is 38.0 Å². The first-order valence-electron chi connectivity index (χ1n) is 8.74. The van der Waals surface area contributed by atoms with Gasteiger partial charge in [-0.1, -0.05) is 6.42 Å². The number of piperidine rings is 1. The minimum Gasteiger partial charge on any atom is -0.494 e. The van der Waals surface area contributed by atoms with Crippen molar-refractivity contribution in [3.05, 3.63) is 35.9 Å². The van der Waals surface area contributed by atoms with Crippen LogP contribution in [0.2, 0.25) is 0 Å². The van der Waals surface area contributed by atoms with E-state index >= 15 is 0 Å². The Morgan fingerprint density at radius 1 is 1.28 bits per heavy atom. The molecule has 4 N–H and O–H groups in total. The van der Waals surface area contributed by atoms with Crippen LogP contribution < -0.4 is 21.3 Å². The molecule has 25 heavy (non-hydrogen) atoms. The Morgan fingerprint density at radius 2 is 2.12 bits per heavy atom. The van der Waals surface area contributed by atoms with E-state index in [1.165, 1.54) is 19.3 Å². The number of ether oxygens (including phenoxy) is 2. The van der Waals surface area contributed by atoms with Gasteiger partial charge in [0.2, 0.25) is 6.29 Å². The van der Waals surface area contributed by atoms with E-state index in [2.05, 4.69) is 10.8 Å². The van der Waals surface area contributed by atoms with E-state index < -0.39 is 12.3 Å². The van der Waals surface area contributed by atoms with E-state index in [1.54, 1.807) is 6.08 Å². The standard InChI is InChI=1S/C18H25N3O4/c19-12-17(22)24-18-11-16(21-25-18)13-4-6-15(7-5-13)23-10-8-14-3-1-2-9-20-14/h4-7,11,14,18,20-21H,1-3,8-10,12,19H2. The molecule has 1 aromatic carbocycles. The second-order valence-corrected chi connectivity index (χ2v) is 6.17. The number of hydrogen-bond donors (Lipinski definition) is 3. The normalized spacial score (nSPS) is 22.8. The maximum absolute atomic E-state index is 11.2. The third-order valence-electron chi connectivity index (χ3n) is 4.31. The topological polar surface area (TPSA) is 94.8 Å². The van der Waals surface area contributed by atoms with Crippen molar-refractivity contribution in [3.8, 4) is 5.75 Å². The van der Waals surface area contributed by atoms with Gasteiger partial charge >= 0.3 is 5.97 Å². The molecule has 2 aliphatic rings. The molecule has 2 unspecified atom stereocenters. The zero-order chi connectivity index (χ0) is 17.5. The molecule has 2 aliphatic heterocycles. The molecule has 0 radical (unpaired) electrons. The molecule has 0 bridgehead atoms. The Morgan fingerprint density at radius 3 is 2.84 bits per heavy atom. The summed E-state index contributed by atoms with van der Waals surface area (Å²) in [6, 6.07) is 8.29. The summed E-state index contributed by atoms with van der Waals surface area (Å²) < 4.78 is 10.8. The fourth-order valence-electron chi connectivity index (χ4n) is 2.94. The van der Waals surface area contributed by atoms with Crippen molar-refractivity contribution in [1.29, 1.82) is 0 Å². The van der Waals surface area contributed by atoms with E-state index in [4.69, 9.17) is 20.0 Å². The molecule has 3 rings (SSSR count). The van der Waals surface area contributed by atoms with Crippen LogP contribution in [0.5, 0.6) is 5.75 Å². The number of nitrogens with two attached hydrogens (primary N) is 1. The number of hydroxylamine groups is 1. The second kappa shape index (κ2) is 8.84. The minimum absolute atomic E-state index is 0.175. The minimum atomic E-state index is -0.759. The highest BCUT2D eigenvalue weighted by Gasteiger charge is 2.20. The van der Waals surface area contributed by atoms with Crippen LogP contribution in [0.4, 0.5) is 0 Å². The lowest BCUT2D eigenvalue weighted by Crippen LogP contribution is -2.35. The van der Waals surface area contributed by atoms with E-state index in [-0.39, 0.29) is 6.54 Å². The smallest absolute Gasteiger partial charge is 0.322 e. The van der Waals surface area contributed by atoms with Crippen LogP contribution in [0.3, 0.4) is 0 Å². The molecule has 0 aromatic heterocycles. The molecule has 0 spiro atoms. The molecule has 2 atom stereocenters. The van der Waals surface area contributed by atoms with Crippen LogP contribution in [0.25, 0.3) is 5.70 Å². The predicted octanol–water partition coefficient (Wildman–Crippen LogP) is 1.30. The van der Waals surface area contributed by atoms with Gasteiger partial charge in [0.05, 0.1) is 18.8 Å². The van der Waals surface area contributed by atoms with Gasteiger partial charge in [-0.3, -0.25) is 10.3 Å². The number of benzene rings is 1. The Kier molecular flexibility index (Phi) is 6.27. The quantitative estimate of drug-likeness (QED) is 0.640. The number of rotatable bonds is 7. The summed E-state index contributed by atoms with van der Waals surface area (Å²) in [5.41, 5.74) is 9.63. The van der Waals surface area contributed by atoms with Gasteiger partial charge in [0.1, 0.15) is 5.75 Å². The molecule has 0 saturated carbocycles. The summed E-state index contributed by atoms with van der Waals surface area (Å²) in [6.07, 6.45) is 5.77. The Balaban J connectivity index is 1.47. The summed E-state index contributed by atoms with van der Waals surface area (Å²) in [6.45, 7) is 1.65. The first kappa shape index (κ1) is 17.7. The largest absolute Gasteiger partial charge is 0.494 e. The fraction of sp³-hybridized carbons (Fsp3) is 0.500. The van der Waals surface area contributed by atoms with Crippen molar-refractivity contribution in [2.45, 2.75) is 38.0 Å². The average Bonchev–Trinajstić information content (AvgIpc) is 3.11. The summed E-state index contributed by atoms with van der Waals surface area (Å²) in [4.78, 5) is 16.3. The van der Waals surface area contributed by atoms with Gasteiger partial charge in [0, 0.05) is 17.7 Å². The van der Waals surface area contributed by atoms with Gasteiger partial charge in [0.25, 0.3) is 0 Å². The molecule has 0 aliphatic carbocycles. The summed E-state index contributed by atoms with van der Waals surface area (Å²) in [5, 5.41) is 3.52. The number of carbonyl (C=O) groups excluding carboxylic acids is 1. The zero-order valence-electron chi connectivity index (χ0n) is 14.2. The maximum Gasteiger partial charge on any atom is 0.322 e. The Bertz CT molecular complexity index is 597. The van der Waals surface area contributed by atoms with E-state index in [1.807, 2.05) is 24.3 Å². The van der Waals surface area contributed by atoms with Gasteiger partial charge < -0.3 is 20.5 Å². The van der Waals surface area contributed by atoms with Gasteiger partial charge in [0.15, 0.2) is 0 Å². The fourth-order valence-corrected chi connectivity index (χ4v) is 2.94. The van der Waals surface area contributed by atoms with Gasteiger partial charge in [-0.05, 0) is 50.1 Å². The summed E-state index contributed by atoms with van der Waals surface area (Å²) in [5.74, 6) is 0.325. The van der Waals surface area contributed by atoms with Gasteiger partial charge in [-0.25, -0.2) is 4.84 Å². The number of carbonyl (C=O) groups is 1. The van der Waals surface area contributed by atoms with Crippen molar-refractivity contribution in [2.24, 2.45) is 5.73 Å². The maximum atomic E-state index is 11.2. The zero-order valence-corrected chi connectivity index (χ0v) is 14.2. The van der Waals surface area contributed by atoms with E-state index in [9.17, 15) is 4.79 Å². The Labute approximate surface area is 147 Å². The second-order valence-electron chi connectivity index (χ2n) is 6.17. The van der Waals surface area contributed by atoms with Gasteiger partial charge in [-0.2, -0.15) is 0 Å². The number of hydrogen-bond acceptors (Lipinski definition) is 7. The summed E-state index contributed by atoms with van der Waals surface area (Å²) >= 11 is 0.